The molecule has 1 fully saturated rings. The van der Waals surface area contributed by atoms with Crippen molar-refractivity contribution in [3.05, 3.63) is 42.0 Å². The maximum absolute atomic E-state index is 3.42. The second kappa shape index (κ2) is 6.58. The van der Waals surface area contributed by atoms with Crippen molar-refractivity contribution in [2.24, 2.45) is 0 Å². The van der Waals surface area contributed by atoms with E-state index in [2.05, 4.69) is 59.6 Å². The highest BCUT2D eigenvalue weighted by Gasteiger charge is 2.15. The van der Waals surface area contributed by atoms with Crippen LogP contribution in [0.1, 0.15) is 18.9 Å². The Kier molecular flexibility index (Phi) is 4.77. The molecule has 0 bridgehead atoms. The van der Waals surface area contributed by atoms with E-state index in [4.69, 9.17) is 0 Å². The van der Waals surface area contributed by atoms with Gasteiger partial charge in [-0.15, -0.1) is 0 Å². The maximum atomic E-state index is 3.42. The van der Waals surface area contributed by atoms with E-state index in [1.54, 1.807) is 0 Å². The molecule has 2 heteroatoms. The summed E-state index contributed by atoms with van der Waals surface area (Å²) in [5.41, 5.74) is 1.29. The maximum Gasteiger partial charge on any atom is 0.0193 e. The Morgan fingerprint density at radius 1 is 1.35 bits per heavy atom. The van der Waals surface area contributed by atoms with Gasteiger partial charge >= 0.3 is 0 Å². The molecule has 1 heterocycles. The summed E-state index contributed by atoms with van der Waals surface area (Å²) in [5, 5.41) is 3.42. The molecule has 92 valence electrons. The molecule has 0 aliphatic carbocycles. The molecule has 0 saturated carbocycles. The van der Waals surface area contributed by atoms with Crippen LogP contribution >= 0.6 is 0 Å². The molecule has 1 aromatic carbocycles. The van der Waals surface area contributed by atoms with E-state index in [0.29, 0.717) is 6.04 Å². The van der Waals surface area contributed by atoms with Crippen LogP contribution < -0.4 is 5.32 Å². The van der Waals surface area contributed by atoms with E-state index in [1.807, 2.05) is 0 Å². The van der Waals surface area contributed by atoms with E-state index in [9.17, 15) is 0 Å². The van der Waals surface area contributed by atoms with Crippen molar-refractivity contribution in [2.45, 2.75) is 19.4 Å². The second-order valence-electron chi connectivity index (χ2n) is 4.69. The first-order chi connectivity index (χ1) is 8.36. The van der Waals surface area contributed by atoms with Gasteiger partial charge < -0.3 is 5.32 Å². The van der Waals surface area contributed by atoms with Crippen molar-refractivity contribution in [1.82, 2.24) is 10.2 Å². The predicted octanol–water partition coefficient (Wildman–Crippen LogP) is 2.38. The molecule has 2 nitrogen and oxygen atoms in total. The van der Waals surface area contributed by atoms with Crippen molar-refractivity contribution in [3.63, 3.8) is 0 Å². The van der Waals surface area contributed by atoms with Crippen LogP contribution in [-0.2, 0) is 0 Å². The summed E-state index contributed by atoms with van der Waals surface area (Å²) in [6, 6.07) is 11.2. The first-order valence-corrected chi connectivity index (χ1v) is 6.52. The summed E-state index contributed by atoms with van der Waals surface area (Å²) in [7, 11) is 0. The Morgan fingerprint density at radius 2 is 2.18 bits per heavy atom. The highest BCUT2D eigenvalue weighted by molar-refractivity contribution is 5.48. The average molecular weight is 230 g/mol. The molecule has 1 aliphatic rings. The number of hydrogen-bond donors (Lipinski definition) is 1. The van der Waals surface area contributed by atoms with E-state index < -0.39 is 0 Å². The van der Waals surface area contributed by atoms with Crippen LogP contribution in [0, 0.1) is 0 Å². The fourth-order valence-corrected chi connectivity index (χ4v) is 2.24. The Balaban J connectivity index is 1.73. The van der Waals surface area contributed by atoms with Gasteiger partial charge in [0.05, 0.1) is 0 Å². The number of nitrogens with one attached hydrogen (secondary N) is 1. The Morgan fingerprint density at radius 3 is 2.94 bits per heavy atom. The zero-order chi connectivity index (χ0) is 11.9. The third-order valence-electron chi connectivity index (χ3n) is 3.33. The van der Waals surface area contributed by atoms with Crippen molar-refractivity contribution in [2.75, 3.05) is 26.2 Å². The van der Waals surface area contributed by atoms with Crippen molar-refractivity contribution >= 4 is 6.08 Å². The van der Waals surface area contributed by atoms with E-state index >= 15 is 0 Å². The smallest absolute Gasteiger partial charge is 0.0193 e. The molecule has 0 spiro atoms. The first kappa shape index (κ1) is 12.3. The van der Waals surface area contributed by atoms with Crippen LogP contribution in [0.4, 0.5) is 0 Å². The zero-order valence-corrected chi connectivity index (χ0v) is 10.6. The zero-order valence-electron chi connectivity index (χ0n) is 10.6. The van der Waals surface area contributed by atoms with Gasteiger partial charge in [0.2, 0.25) is 0 Å². The summed E-state index contributed by atoms with van der Waals surface area (Å²) in [4.78, 5) is 2.56. The number of hydrogen-bond acceptors (Lipinski definition) is 2. The monoisotopic (exact) mass is 230 g/mol. The lowest BCUT2D eigenvalue weighted by atomic mass is 10.2. The summed E-state index contributed by atoms with van der Waals surface area (Å²) in [5.74, 6) is 0. The molecule has 1 atom stereocenters. The molecule has 1 aromatic rings. The minimum Gasteiger partial charge on any atom is -0.314 e. The third-order valence-corrected chi connectivity index (χ3v) is 3.33. The average Bonchev–Trinajstić information content (AvgIpc) is 2.38. The molecule has 1 saturated heterocycles. The minimum atomic E-state index is 0.675. The molecule has 0 amide bonds. The molecule has 1 aliphatic heterocycles. The van der Waals surface area contributed by atoms with Crippen LogP contribution in [-0.4, -0.2) is 37.1 Å². The van der Waals surface area contributed by atoms with Gasteiger partial charge in [-0.1, -0.05) is 42.5 Å². The lowest BCUT2D eigenvalue weighted by Gasteiger charge is -2.33. The molecular formula is C15H22N2. The number of benzene rings is 1. The van der Waals surface area contributed by atoms with Crippen molar-refractivity contribution < 1.29 is 0 Å². The van der Waals surface area contributed by atoms with E-state index in [0.717, 1.165) is 19.5 Å². The third kappa shape index (κ3) is 3.99. The lowest BCUT2D eigenvalue weighted by Crippen LogP contribution is -2.49. The van der Waals surface area contributed by atoms with Crippen LogP contribution in [0.25, 0.3) is 6.08 Å². The SMILES string of the molecule is C[C@H]1CNCCN1CC/C=C/c1ccccc1. The number of piperazine rings is 1. The molecule has 0 radical (unpaired) electrons. The van der Waals surface area contributed by atoms with Gasteiger partial charge in [-0.3, -0.25) is 4.90 Å². The van der Waals surface area contributed by atoms with Gasteiger partial charge in [0.1, 0.15) is 0 Å². The minimum absolute atomic E-state index is 0.675. The van der Waals surface area contributed by atoms with Gasteiger partial charge in [0, 0.05) is 32.2 Å². The number of nitrogens with zero attached hydrogens (tertiary/aromatic N) is 1. The van der Waals surface area contributed by atoms with E-state index in [-0.39, 0.29) is 0 Å². The highest BCUT2D eigenvalue weighted by atomic mass is 15.2. The summed E-state index contributed by atoms with van der Waals surface area (Å²) in [6.45, 7) is 6.91. The Hall–Kier alpha value is -1.12. The van der Waals surface area contributed by atoms with E-state index in [1.165, 1.54) is 18.7 Å². The van der Waals surface area contributed by atoms with Crippen molar-refractivity contribution in [1.29, 1.82) is 0 Å². The van der Waals surface area contributed by atoms with Gasteiger partial charge in [0.15, 0.2) is 0 Å². The molecule has 17 heavy (non-hydrogen) atoms. The molecular weight excluding hydrogens is 208 g/mol. The standard InChI is InChI=1S/C15H22N2/c1-14-13-16-10-12-17(14)11-6-5-9-15-7-3-2-4-8-15/h2-5,7-9,14,16H,6,10-13H2,1H3/b9-5+/t14-/m0/s1. The van der Waals surface area contributed by atoms with Crippen molar-refractivity contribution in [3.8, 4) is 0 Å². The fourth-order valence-electron chi connectivity index (χ4n) is 2.24. The van der Waals surface area contributed by atoms with Gasteiger partial charge in [-0.05, 0) is 18.9 Å². The predicted molar refractivity (Wildman–Crippen MR) is 74.0 cm³/mol. The molecule has 1 N–H and O–H groups in total. The molecule has 0 unspecified atom stereocenters. The lowest BCUT2D eigenvalue weighted by molar-refractivity contribution is 0.177. The Labute approximate surface area is 104 Å². The highest BCUT2D eigenvalue weighted by Crippen LogP contribution is 2.05. The molecule has 0 aromatic heterocycles. The molecule has 2 rings (SSSR count). The Bertz CT molecular complexity index is 345. The summed E-state index contributed by atoms with van der Waals surface area (Å²) < 4.78 is 0. The normalized spacial score (nSPS) is 22.1. The number of rotatable bonds is 4. The fraction of sp³-hybridized carbons (Fsp3) is 0.467. The van der Waals surface area contributed by atoms with Crippen LogP contribution in [0.15, 0.2) is 36.4 Å². The quantitative estimate of drug-likeness (QED) is 0.854. The summed E-state index contributed by atoms with van der Waals surface area (Å²) >= 11 is 0. The van der Waals surface area contributed by atoms with Gasteiger partial charge in [-0.2, -0.15) is 0 Å². The van der Waals surface area contributed by atoms with Crippen LogP contribution in [0.2, 0.25) is 0 Å². The van der Waals surface area contributed by atoms with Crippen LogP contribution in [0.5, 0.6) is 0 Å². The topological polar surface area (TPSA) is 15.3 Å². The summed E-state index contributed by atoms with van der Waals surface area (Å²) in [6.07, 6.45) is 5.64. The van der Waals surface area contributed by atoms with Crippen LogP contribution in [0.3, 0.4) is 0 Å². The second-order valence-corrected chi connectivity index (χ2v) is 4.69. The van der Waals surface area contributed by atoms with Gasteiger partial charge in [0.25, 0.3) is 0 Å². The van der Waals surface area contributed by atoms with Gasteiger partial charge in [-0.25, -0.2) is 0 Å². The largest absolute Gasteiger partial charge is 0.314 e. The first-order valence-electron chi connectivity index (χ1n) is 6.52.